The fourth-order valence-corrected chi connectivity index (χ4v) is 1.05. The molecule has 1 N–H and O–H groups in total. The molecule has 0 aliphatic carbocycles. The molecule has 0 saturated heterocycles. The largest absolute Gasteiger partial charge is 0.365 e. The Balaban J connectivity index is 2.74. The Labute approximate surface area is 62.5 Å². The van der Waals surface area contributed by atoms with Crippen molar-refractivity contribution in [1.29, 1.82) is 0 Å². The molecule has 0 aliphatic rings. The van der Waals surface area contributed by atoms with E-state index in [-0.39, 0.29) is 0 Å². The molecule has 1 nitrogen and oxygen atoms in total. The first kappa shape index (κ1) is 7.39. The molecule has 1 unspecified atom stereocenters. The average Bonchev–Trinajstić information content (AvgIpc) is 2.34. The van der Waals surface area contributed by atoms with Crippen molar-refractivity contribution in [2.24, 2.45) is 0 Å². The van der Waals surface area contributed by atoms with Gasteiger partial charge < -0.3 is 4.98 Å². The molecule has 1 aromatic rings. The number of nitrogens with one attached hydrogen (secondary N) is 1. The lowest BCUT2D eigenvalue weighted by Crippen LogP contribution is -1.86. The summed E-state index contributed by atoms with van der Waals surface area (Å²) in [4.78, 5) is 3.18. The Bertz CT molecular complexity index is 200. The summed E-state index contributed by atoms with van der Waals surface area (Å²) in [6.07, 6.45) is 3.32. The van der Waals surface area contributed by atoms with Gasteiger partial charge >= 0.3 is 0 Å². The van der Waals surface area contributed by atoms with Gasteiger partial charge in [0.05, 0.1) is 0 Å². The number of rotatable bonds is 2. The van der Waals surface area contributed by atoms with Gasteiger partial charge in [-0.2, -0.15) is 0 Å². The second-order valence-electron chi connectivity index (χ2n) is 2.93. The number of aryl methyl sites for hydroxylation is 1. The lowest BCUT2D eigenvalue weighted by atomic mass is 10.0. The zero-order valence-electron chi connectivity index (χ0n) is 6.94. The summed E-state index contributed by atoms with van der Waals surface area (Å²) in [5, 5.41) is 0. The highest BCUT2D eigenvalue weighted by Gasteiger charge is 2.02. The second kappa shape index (κ2) is 2.91. The van der Waals surface area contributed by atoms with Gasteiger partial charge in [0.25, 0.3) is 0 Å². The van der Waals surface area contributed by atoms with Gasteiger partial charge in [-0.25, -0.2) is 0 Å². The molecule has 0 aliphatic heterocycles. The van der Waals surface area contributed by atoms with Crippen molar-refractivity contribution >= 4 is 0 Å². The zero-order valence-corrected chi connectivity index (χ0v) is 6.94. The highest BCUT2D eigenvalue weighted by Crippen LogP contribution is 2.18. The van der Waals surface area contributed by atoms with Crippen LogP contribution in [0.15, 0.2) is 12.3 Å². The van der Waals surface area contributed by atoms with E-state index >= 15 is 0 Å². The predicted molar refractivity (Wildman–Crippen MR) is 44.2 cm³/mol. The normalized spacial score (nSPS) is 13.5. The number of hydrogen-bond donors (Lipinski definition) is 1. The van der Waals surface area contributed by atoms with Crippen LogP contribution in [0.2, 0.25) is 0 Å². The monoisotopic (exact) mass is 137 g/mol. The van der Waals surface area contributed by atoms with Gasteiger partial charge in [-0.1, -0.05) is 13.8 Å². The van der Waals surface area contributed by atoms with E-state index < -0.39 is 0 Å². The van der Waals surface area contributed by atoms with Gasteiger partial charge in [0.2, 0.25) is 0 Å². The molecule has 0 aromatic carbocycles. The first-order chi connectivity index (χ1) is 4.74. The summed E-state index contributed by atoms with van der Waals surface area (Å²) in [7, 11) is 0. The fourth-order valence-electron chi connectivity index (χ4n) is 1.05. The van der Waals surface area contributed by atoms with Gasteiger partial charge in [-0.3, -0.25) is 0 Å². The van der Waals surface area contributed by atoms with Crippen molar-refractivity contribution in [3.8, 4) is 0 Å². The van der Waals surface area contributed by atoms with Crippen molar-refractivity contribution in [2.75, 3.05) is 0 Å². The standard InChI is InChI=1S/C9H15N/c1-4-7(2)9-5-8(3)10-6-9/h5-7,10H,4H2,1-3H3. The van der Waals surface area contributed by atoms with E-state index in [2.05, 4.69) is 38.0 Å². The minimum atomic E-state index is 0.699. The van der Waals surface area contributed by atoms with Gasteiger partial charge in [0, 0.05) is 11.9 Å². The molecule has 1 rings (SSSR count). The van der Waals surface area contributed by atoms with Crippen molar-refractivity contribution in [3.05, 3.63) is 23.5 Å². The van der Waals surface area contributed by atoms with Crippen LogP contribution in [0.4, 0.5) is 0 Å². The van der Waals surface area contributed by atoms with Crippen LogP contribution in [0.3, 0.4) is 0 Å². The Morgan fingerprint density at radius 1 is 1.60 bits per heavy atom. The maximum Gasteiger partial charge on any atom is 0.0118 e. The Hall–Kier alpha value is -0.720. The van der Waals surface area contributed by atoms with E-state index in [9.17, 15) is 0 Å². The van der Waals surface area contributed by atoms with E-state index in [4.69, 9.17) is 0 Å². The summed E-state index contributed by atoms with van der Waals surface area (Å²) in [5.41, 5.74) is 2.69. The Morgan fingerprint density at radius 2 is 2.30 bits per heavy atom. The molecule has 1 aromatic heterocycles. The third-order valence-corrected chi connectivity index (χ3v) is 2.03. The maximum atomic E-state index is 3.18. The van der Waals surface area contributed by atoms with Crippen LogP contribution in [0.25, 0.3) is 0 Å². The van der Waals surface area contributed by atoms with E-state index in [0.717, 1.165) is 0 Å². The average molecular weight is 137 g/mol. The van der Waals surface area contributed by atoms with Crippen LogP contribution in [-0.2, 0) is 0 Å². The first-order valence-corrected chi connectivity index (χ1v) is 3.89. The van der Waals surface area contributed by atoms with E-state index in [1.54, 1.807) is 0 Å². The van der Waals surface area contributed by atoms with Gasteiger partial charge in [-0.15, -0.1) is 0 Å². The van der Waals surface area contributed by atoms with Crippen LogP contribution in [0, 0.1) is 6.92 Å². The molecule has 1 heteroatoms. The number of aromatic nitrogens is 1. The van der Waals surface area contributed by atoms with E-state index in [0.29, 0.717) is 5.92 Å². The molecule has 0 radical (unpaired) electrons. The molecule has 0 saturated carbocycles. The topological polar surface area (TPSA) is 15.8 Å². The minimum absolute atomic E-state index is 0.699. The van der Waals surface area contributed by atoms with Crippen molar-refractivity contribution < 1.29 is 0 Å². The van der Waals surface area contributed by atoms with Crippen LogP contribution in [0.5, 0.6) is 0 Å². The number of aromatic amines is 1. The summed E-state index contributed by atoms with van der Waals surface area (Å²) >= 11 is 0. The summed E-state index contributed by atoms with van der Waals surface area (Å²) < 4.78 is 0. The van der Waals surface area contributed by atoms with Crippen molar-refractivity contribution in [2.45, 2.75) is 33.1 Å². The molecule has 0 bridgehead atoms. The molecule has 0 spiro atoms. The van der Waals surface area contributed by atoms with Crippen LogP contribution in [-0.4, -0.2) is 4.98 Å². The molecule has 10 heavy (non-hydrogen) atoms. The summed E-state index contributed by atoms with van der Waals surface area (Å²) in [5.74, 6) is 0.699. The van der Waals surface area contributed by atoms with Crippen LogP contribution in [0.1, 0.15) is 37.4 Å². The van der Waals surface area contributed by atoms with Gasteiger partial charge in [0.15, 0.2) is 0 Å². The maximum absolute atomic E-state index is 3.18. The Morgan fingerprint density at radius 3 is 2.70 bits per heavy atom. The highest BCUT2D eigenvalue weighted by atomic mass is 14.7. The lowest BCUT2D eigenvalue weighted by Gasteiger charge is -2.02. The highest BCUT2D eigenvalue weighted by molar-refractivity contribution is 5.18. The smallest absolute Gasteiger partial charge is 0.0118 e. The molecule has 1 atom stereocenters. The van der Waals surface area contributed by atoms with Crippen LogP contribution < -0.4 is 0 Å². The number of hydrogen-bond acceptors (Lipinski definition) is 0. The van der Waals surface area contributed by atoms with Crippen LogP contribution >= 0.6 is 0 Å². The van der Waals surface area contributed by atoms with Gasteiger partial charge in [0.1, 0.15) is 0 Å². The molecular weight excluding hydrogens is 122 g/mol. The quantitative estimate of drug-likeness (QED) is 0.645. The third kappa shape index (κ3) is 1.41. The number of H-pyrrole nitrogens is 1. The SMILES string of the molecule is CCC(C)c1c[nH]c(C)c1. The zero-order chi connectivity index (χ0) is 7.56. The fraction of sp³-hybridized carbons (Fsp3) is 0.556. The molecule has 1 heterocycles. The van der Waals surface area contributed by atoms with Crippen molar-refractivity contribution in [3.63, 3.8) is 0 Å². The minimum Gasteiger partial charge on any atom is -0.365 e. The van der Waals surface area contributed by atoms with Gasteiger partial charge in [-0.05, 0) is 30.9 Å². The summed E-state index contributed by atoms with van der Waals surface area (Å²) in [6.45, 7) is 6.56. The molecule has 0 fully saturated rings. The van der Waals surface area contributed by atoms with E-state index in [1.165, 1.54) is 17.7 Å². The molecule has 56 valence electrons. The second-order valence-corrected chi connectivity index (χ2v) is 2.93. The first-order valence-electron chi connectivity index (χ1n) is 3.89. The predicted octanol–water partition coefficient (Wildman–Crippen LogP) is 2.84. The third-order valence-electron chi connectivity index (χ3n) is 2.03. The van der Waals surface area contributed by atoms with E-state index in [1.807, 2.05) is 0 Å². The molecular formula is C9H15N. The molecule has 0 amide bonds. The van der Waals surface area contributed by atoms with Crippen molar-refractivity contribution in [1.82, 2.24) is 4.98 Å². The lowest BCUT2D eigenvalue weighted by molar-refractivity contribution is 0.734. The Kier molecular flexibility index (Phi) is 2.15. The summed E-state index contributed by atoms with van der Waals surface area (Å²) in [6, 6.07) is 2.22.